The number of halogens is 2. The van der Waals surface area contributed by atoms with Crippen LogP contribution in [-0.4, -0.2) is 20.2 Å². The first-order valence-electron chi connectivity index (χ1n) is 8.06. The van der Waals surface area contributed by atoms with Crippen LogP contribution in [-0.2, 0) is 6.42 Å². The predicted molar refractivity (Wildman–Crippen MR) is 95.4 cm³/mol. The maximum absolute atomic E-state index is 6.39. The van der Waals surface area contributed by atoms with Crippen molar-refractivity contribution in [1.29, 1.82) is 0 Å². The molecule has 0 aliphatic heterocycles. The molecule has 0 saturated heterocycles. The summed E-state index contributed by atoms with van der Waals surface area (Å²) in [5, 5.41) is 13.4. The van der Waals surface area contributed by atoms with Gasteiger partial charge in [0.2, 0.25) is 0 Å². The van der Waals surface area contributed by atoms with Crippen LogP contribution in [0.25, 0.3) is 11.4 Å². The average Bonchev–Trinajstić information content (AvgIpc) is 2.97. The molecule has 1 unspecified atom stereocenters. The molecule has 24 heavy (non-hydrogen) atoms. The molecule has 0 amide bonds. The molecule has 1 heterocycles. The van der Waals surface area contributed by atoms with Crippen molar-refractivity contribution in [2.45, 2.75) is 31.7 Å². The molecule has 4 rings (SSSR count). The summed E-state index contributed by atoms with van der Waals surface area (Å²) in [5.41, 5.74) is 3.43. The highest BCUT2D eigenvalue weighted by molar-refractivity contribution is 6.43. The molecular formula is C18H16Cl2N4. The third kappa shape index (κ3) is 2.70. The lowest BCUT2D eigenvalue weighted by Gasteiger charge is -2.19. The lowest BCUT2D eigenvalue weighted by Crippen LogP contribution is -2.14. The first kappa shape index (κ1) is 15.6. The van der Waals surface area contributed by atoms with E-state index in [-0.39, 0.29) is 6.04 Å². The third-order valence-electron chi connectivity index (χ3n) is 4.57. The largest absolute Gasteiger partial charge is 0.218 e. The van der Waals surface area contributed by atoms with Crippen LogP contribution >= 0.6 is 23.2 Å². The maximum Gasteiger partial charge on any atom is 0.184 e. The zero-order valence-electron chi connectivity index (χ0n) is 13.0. The molecule has 3 aromatic rings. The topological polar surface area (TPSA) is 43.6 Å². The molecule has 4 nitrogen and oxygen atoms in total. The molecule has 1 aromatic heterocycles. The summed E-state index contributed by atoms with van der Waals surface area (Å²) < 4.78 is 1.89. The molecule has 1 atom stereocenters. The van der Waals surface area contributed by atoms with Crippen LogP contribution in [0, 0.1) is 0 Å². The van der Waals surface area contributed by atoms with Crippen LogP contribution in [0.5, 0.6) is 0 Å². The minimum atomic E-state index is 0.115. The van der Waals surface area contributed by atoms with Crippen LogP contribution in [0.15, 0.2) is 42.5 Å². The molecule has 1 aliphatic rings. The van der Waals surface area contributed by atoms with Gasteiger partial charge < -0.3 is 0 Å². The molecule has 0 bridgehead atoms. The molecule has 2 aromatic carbocycles. The summed E-state index contributed by atoms with van der Waals surface area (Å²) in [4.78, 5) is 0. The Morgan fingerprint density at radius 3 is 2.79 bits per heavy atom. The number of benzene rings is 2. The monoisotopic (exact) mass is 358 g/mol. The van der Waals surface area contributed by atoms with Gasteiger partial charge in [0.25, 0.3) is 0 Å². The van der Waals surface area contributed by atoms with Gasteiger partial charge in [-0.3, -0.25) is 0 Å². The Kier molecular flexibility index (Phi) is 4.25. The third-order valence-corrected chi connectivity index (χ3v) is 5.39. The van der Waals surface area contributed by atoms with Gasteiger partial charge in [0.1, 0.15) is 0 Å². The van der Waals surface area contributed by atoms with E-state index in [1.54, 1.807) is 6.07 Å². The van der Waals surface area contributed by atoms with E-state index in [9.17, 15) is 0 Å². The molecule has 0 saturated carbocycles. The highest BCUT2D eigenvalue weighted by Crippen LogP contribution is 2.36. The average molecular weight is 359 g/mol. The highest BCUT2D eigenvalue weighted by Gasteiger charge is 2.25. The minimum absolute atomic E-state index is 0.115. The summed E-state index contributed by atoms with van der Waals surface area (Å²) in [6.45, 7) is 0. The SMILES string of the molecule is Clc1cccc(-c2nnnn2C2CCCCc3ccccc32)c1Cl. The standard InChI is InChI=1S/C18H16Cl2N4/c19-15-10-5-9-14(17(15)20)18-21-22-23-24(18)16-11-4-2-7-12-6-1-3-8-13(12)16/h1,3,5-6,8-10,16H,2,4,7,11H2. The second kappa shape index (κ2) is 6.54. The van der Waals surface area contributed by atoms with Gasteiger partial charge in [-0.2, -0.15) is 0 Å². The lowest BCUT2D eigenvalue weighted by atomic mass is 9.99. The Morgan fingerprint density at radius 2 is 1.88 bits per heavy atom. The predicted octanol–water partition coefficient (Wildman–Crippen LogP) is 4.96. The molecule has 0 N–H and O–H groups in total. The number of aromatic nitrogens is 4. The number of nitrogens with zero attached hydrogens (tertiary/aromatic N) is 4. The molecule has 0 fully saturated rings. The van der Waals surface area contributed by atoms with E-state index in [0.717, 1.165) is 24.8 Å². The summed E-state index contributed by atoms with van der Waals surface area (Å²) in [7, 11) is 0. The van der Waals surface area contributed by atoms with Crippen LogP contribution in [0.2, 0.25) is 10.0 Å². The van der Waals surface area contributed by atoms with E-state index in [0.29, 0.717) is 15.9 Å². The summed E-state index contributed by atoms with van der Waals surface area (Å²) in [5.74, 6) is 0.657. The number of hydrogen-bond donors (Lipinski definition) is 0. The van der Waals surface area contributed by atoms with Gasteiger partial charge in [0.05, 0.1) is 16.1 Å². The van der Waals surface area contributed by atoms with Gasteiger partial charge in [0.15, 0.2) is 5.82 Å². The van der Waals surface area contributed by atoms with E-state index in [1.165, 1.54) is 17.5 Å². The van der Waals surface area contributed by atoms with Gasteiger partial charge in [-0.15, -0.1) is 5.10 Å². The second-order valence-electron chi connectivity index (χ2n) is 6.01. The molecule has 1 aliphatic carbocycles. The zero-order chi connectivity index (χ0) is 16.5. The summed E-state index contributed by atoms with van der Waals surface area (Å²) >= 11 is 12.6. The second-order valence-corrected chi connectivity index (χ2v) is 6.79. The van der Waals surface area contributed by atoms with Crippen molar-refractivity contribution in [3.8, 4) is 11.4 Å². The van der Waals surface area contributed by atoms with Crippen molar-refractivity contribution in [2.24, 2.45) is 0 Å². The van der Waals surface area contributed by atoms with E-state index in [4.69, 9.17) is 23.2 Å². The number of tetrazole rings is 1. The van der Waals surface area contributed by atoms with Crippen LogP contribution in [0.4, 0.5) is 0 Å². The van der Waals surface area contributed by atoms with Crippen molar-refractivity contribution in [3.63, 3.8) is 0 Å². The fraction of sp³-hybridized carbons (Fsp3) is 0.278. The number of hydrogen-bond acceptors (Lipinski definition) is 3. The first-order valence-corrected chi connectivity index (χ1v) is 8.81. The Hall–Kier alpha value is -1.91. The van der Waals surface area contributed by atoms with Gasteiger partial charge in [-0.1, -0.05) is 60.0 Å². The van der Waals surface area contributed by atoms with Crippen molar-refractivity contribution in [3.05, 3.63) is 63.6 Å². The van der Waals surface area contributed by atoms with E-state index in [2.05, 4.69) is 39.8 Å². The maximum atomic E-state index is 6.39. The van der Waals surface area contributed by atoms with Gasteiger partial charge in [-0.05, 0) is 52.9 Å². The first-order chi connectivity index (χ1) is 11.8. The summed E-state index contributed by atoms with van der Waals surface area (Å²) in [6, 6.07) is 14.2. The minimum Gasteiger partial charge on any atom is -0.218 e. The number of aryl methyl sites for hydroxylation is 1. The van der Waals surface area contributed by atoms with Crippen molar-refractivity contribution >= 4 is 23.2 Å². The normalized spacial score (nSPS) is 17.3. The van der Waals surface area contributed by atoms with Gasteiger partial charge >= 0.3 is 0 Å². The Morgan fingerprint density at radius 1 is 1.00 bits per heavy atom. The quantitative estimate of drug-likeness (QED) is 0.607. The van der Waals surface area contributed by atoms with E-state index >= 15 is 0 Å². The van der Waals surface area contributed by atoms with Crippen molar-refractivity contribution in [2.75, 3.05) is 0 Å². The van der Waals surface area contributed by atoms with Gasteiger partial charge in [-0.25, -0.2) is 4.68 Å². The fourth-order valence-corrected chi connectivity index (χ4v) is 3.79. The van der Waals surface area contributed by atoms with Gasteiger partial charge in [0, 0.05) is 5.56 Å². The number of fused-ring (bicyclic) bond motifs is 1. The van der Waals surface area contributed by atoms with Crippen LogP contribution in [0.1, 0.15) is 36.4 Å². The number of rotatable bonds is 2. The molecule has 122 valence electrons. The van der Waals surface area contributed by atoms with Crippen LogP contribution < -0.4 is 0 Å². The Balaban J connectivity index is 1.85. The van der Waals surface area contributed by atoms with Crippen molar-refractivity contribution in [1.82, 2.24) is 20.2 Å². The van der Waals surface area contributed by atoms with E-state index < -0.39 is 0 Å². The lowest BCUT2D eigenvalue weighted by molar-refractivity contribution is 0.472. The van der Waals surface area contributed by atoms with Crippen molar-refractivity contribution < 1.29 is 0 Å². The molecule has 6 heteroatoms. The fourth-order valence-electron chi connectivity index (χ4n) is 3.41. The molecule has 0 radical (unpaired) electrons. The van der Waals surface area contributed by atoms with Crippen LogP contribution in [0.3, 0.4) is 0 Å². The molecule has 0 spiro atoms. The van der Waals surface area contributed by atoms with E-state index in [1.807, 2.05) is 16.8 Å². The highest BCUT2D eigenvalue weighted by atomic mass is 35.5. The molecular weight excluding hydrogens is 343 g/mol. The zero-order valence-corrected chi connectivity index (χ0v) is 14.5. The Bertz CT molecular complexity index is 875. The smallest absolute Gasteiger partial charge is 0.184 e. The summed E-state index contributed by atoms with van der Waals surface area (Å²) in [6.07, 6.45) is 4.43. The Labute approximate surface area is 150 Å².